The average Bonchev–Trinajstić information content (AvgIpc) is 2.39. The fourth-order valence-corrected chi connectivity index (χ4v) is 2.69. The maximum atomic E-state index is 11.2. The van der Waals surface area contributed by atoms with Crippen LogP contribution in [-0.4, -0.2) is 34.5 Å². The highest BCUT2D eigenvalue weighted by molar-refractivity contribution is 6.35. The fraction of sp³-hybridized carbons (Fsp3) is 0.500. The minimum Gasteiger partial charge on any atom is -0.465 e. The summed E-state index contributed by atoms with van der Waals surface area (Å²) < 4.78 is 0. The normalized spacial score (nSPS) is 11.3. The highest BCUT2D eigenvalue weighted by Gasteiger charge is 2.25. The number of carbonyl (C=O) groups is 2. The lowest BCUT2D eigenvalue weighted by atomic mass is 10.0. The average molecular weight is 346 g/mol. The van der Waals surface area contributed by atoms with Crippen molar-refractivity contribution in [2.24, 2.45) is 0 Å². The third-order valence-electron chi connectivity index (χ3n) is 3.41. The van der Waals surface area contributed by atoms with Gasteiger partial charge in [-0.15, -0.1) is 0 Å². The standard InChI is InChI=1S/C16H21Cl2NO3/c1-16(2,3)19(15(21)22)7-5-4-6-11-8-14(18)12(10-20)9-13(11)17/h8-10H,4-7H2,1-3H3,(H,21,22). The van der Waals surface area contributed by atoms with Crippen LogP contribution in [0.25, 0.3) is 0 Å². The van der Waals surface area contributed by atoms with Crippen LogP contribution in [0.2, 0.25) is 10.0 Å². The van der Waals surface area contributed by atoms with Gasteiger partial charge in [-0.3, -0.25) is 4.79 Å². The highest BCUT2D eigenvalue weighted by Crippen LogP contribution is 2.26. The first-order valence-corrected chi connectivity index (χ1v) is 7.86. The molecule has 0 heterocycles. The first kappa shape index (κ1) is 18.8. The van der Waals surface area contributed by atoms with Crippen molar-refractivity contribution in [2.45, 2.75) is 45.6 Å². The summed E-state index contributed by atoms with van der Waals surface area (Å²) in [5.74, 6) is 0. The van der Waals surface area contributed by atoms with Crippen LogP contribution in [-0.2, 0) is 6.42 Å². The summed E-state index contributed by atoms with van der Waals surface area (Å²) in [7, 11) is 0. The second-order valence-electron chi connectivity index (χ2n) is 6.15. The minimum absolute atomic E-state index is 0.375. The molecule has 0 fully saturated rings. The summed E-state index contributed by atoms with van der Waals surface area (Å²) in [4.78, 5) is 23.4. The topological polar surface area (TPSA) is 57.6 Å². The van der Waals surface area contributed by atoms with Gasteiger partial charge in [0.25, 0.3) is 0 Å². The van der Waals surface area contributed by atoms with Crippen LogP contribution in [0.1, 0.15) is 49.5 Å². The van der Waals surface area contributed by atoms with E-state index in [0.717, 1.165) is 18.4 Å². The monoisotopic (exact) mass is 345 g/mol. The molecule has 6 heteroatoms. The Morgan fingerprint density at radius 3 is 2.36 bits per heavy atom. The number of halogens is 2. The molecule has 0 aromatic heterocycles. The van der Waals surface area contributed by atoms with Gasteiger partial charge in [-0.05, 0) is 57.7 Å². The van der Waals surface area contributed by atoms with Gasteiger partial charge in [-0.2, -0.15) is 0 Å². The molecule has 0 bridgehead atoms. The molecule has 4 nitrogen and oxygen atoms in total. The van der Waals surface area contributed by atoms with Crippen molar-refractivity contribution in [3.63, 3.8) is 0 Å². The molecule has 22 heavy (non-hydrogen) atoms. The largest absolute Gasteiger partial charge is 0.465 e. The van der Waals surface area contributed by atoms with Crippen molar-refractivity contribution in [3.05, 3.63) is 33.3 Å². The molecular formula is C16H21Cl2NO3. The Labute approximate surface area is 141 Å². The number of nitrogens with zero attached hydrogens (tertiary/aromatic N) is 1. The van der Waals surface area contributed by atoms with E-state index in [-0.39, 0.29) is 0 Å². The number of unbranched alkanes of at least 4 members (excludes halogenated alkanes) is 1. The molecule has 1 N–H and O–H groups in total. The van der Waals surface area contributed by atoms with Crippen molar-refractivity contribution < 1.29 is 14.7 Å². The molecular weight excluding hydrogens is 325 g/mol. The van der Waals surface area contributed by atoms with Crippen LogP contribution in [0.15, 0.2) is 12.1 Å². The number of rotatable bonds is 6. The Kier molecular flexibility index (Phi) is 6.69. The molecule has 1 rings (SSSR count). The first-order chi connectivity index (χ1) is 10.2. The molecule has 0 aliphatic heterocycles. The smallest absolute Gasteiger partial charge is 0.407 e. The van der Waals surface area contributed by atoms with Crippen LogP contribution in [0.3, 0.4) is 0 Å². The molecule has 0 aliphatic carbocycles. The van der Waals surface area contributed by atoms with Gasteiger partial charge in [0.2, 0.25) is 0 Å². The molecule has 0 radical (unpaired) electrons. The molecule has 0 saturated carbocycles. The van der Waals surface area contributed by atoms with E-state index in [1.807, 2.05) is 20.8 Å². The van der Waals surface area contributed by atoms with Crippen molar-refractivity contribution in [1.82, 2.24) is 4.90 Å². The maximum Gasteiger partial charge on any atom is 0.407 e. The summed E-state index contributed by atoms with van der Waals surface area (Å²) in [6.07, 6.45) is 1.97. The number of hydrogen-bond donors (Lipinski definition) is 1. The zero-order chi connectivity index (χ0) is 16.9. The van der Waals surface area contributed by atoms with E-state index in [2.05, 4.69) is 0 Å². The van der Waals surface area contributed by atoms with Crippen molar-refractivity contribution in [1.29, 1.82) is 0 Å². The Balaban J connectivity index is 2.60. The van der Waals surface area contributed by atoms with Gasteiger partial charge in [0, 0.05) is 22.7 Å². The predicted octanol–water partition coefficient (Wildman–Crippen LogP) is 4.91. The number of aryl methyl sites for hydroxylation is 1. The lowest BCUT2D eigenvalue weighted by molar-refractivity contribution is 0.0991. The maximum absolute atomic E-state index is 11.2. The summed E-state index contributed by atoms with van der Waals surface area (Å²) in [5.41, 5.74) is 0.827. The van der Waals surface area contributed by atoms with Crippen LogP contribution < -0.4 is 0 Å². The third kappa shape index (κ3) is 5.18. The summed E-state index contributed by atoms with van der Waals surface area (Å²) >= 11 is 12.1. The first-order valence-electron chi connectivity index (χ1n) is 7.10. The van der Waals surface area contributed by atoms with E-state index in [9.17, 15) is 14.7 Å². The SMILES string of the molecule is CC(C)(C)N(CCCCc1cc(Cl)c(C=O)cc1Cl)C(=O)O. The van der Waals surface area contributed by atoms with Crippen LogP contribution in [0, 0.1) is 0 Å². The van der Waals surface area contributed by atoms with Crippen LogP contribution >= 0.6 is 23.2 Å². The quantitative estimate of drug-likeness (QED) is 0.588. The number of amides is 1. The fourth-order valence-electron chi connectivity index (χ4n) is 2.19. The van der Waals surface area contributed by atoms with E-state index in [1.54, 1.807) is 12.1 Å². The third-order valence-corrected chi connectivity index (χ3v) is 4.09. The summed E-state index contributed by atoms with van der Waals surface area (Å²) in [6.45, 7) is 6.08. The molecule has 122 valence electrons. The van der Waals surface area contributed by atoms with Gasteiger partial charge in [0.1, 0.15) is 0 Å². The second kappa shape index (κ2) is 7.84. The summed E-state index contributed by atoms with van der Waals surface area (Å²) in [6, 6.07) is 3.26. The number of carboxylic acid groups (broad SMARTS) is 1. The number of aldehydes is 1. The lowest BCUT2D eigenvalue weighted by Crippen LogP contribution is -2.45. The summed E-state index contributed by atoms with van der Waals surface area (Å²) in [5, 5.41) is 10.1. The Bertz CT molecular complexity index is 553. The van der Waals surface area contributed by atoms with Crippen molar-refractivity contribution in [2.75, 3.05) is 6.54 Å². The van der Waals surface area contributed by atoms with Gasteiger partial charge in [0.05, 0.1) is 5.02 Å². The highest BCUT2D eigenvalue weighted by atomic mass is 35.5. The van der Waals surface area contributed by atoms with E-state index >= 15 is 0 Å². The number of carbonyl (C=O) groups excluding carboxylic acids is 1. The second-order valence-corrected chi connectivity index (χ2v) is 6.96. The van der Waals surface area contributed by atoms with E-state index in [0.29, 0.717) is 34.9 Å². The van der Waals surface area contributed by atoms with Crippen molar-refractivity contribution in [3.8, 4) is 0 Å². The number of benzene rings is 1. The van der Waals surface area contributed by atoms with E-state index < -0.39 is 11.6 Å². The Hall–Kier alpha value is -1.26. The predicted molar refractivity (Wildman–Crippen MR) is 89.3 cm³/mol. The van der Waals surface area contributed by atoms with E-state index in [1.165, 1.54) is 4.90 Å². The molecule has 1 aromatic carbocycles. The molecule has 0 saturated heterocycles. The van der Waals surface area contributed by atoms with Gasteiger partial charge in [0.15, 0.2) is 6.29 Å². The molecule has 0 atom stereocenters. The lowest BCUT2D eigenvalue weighted by Gasteiger charge is -2.33. The Morgan fingerprint density at radius 1 is 1.23 bits per heavy atom. The van der Waals surface area contributed by atoms with Crippen molar-refractivity contribution >= 4 is 35.6 Å². The molecule has 0 spiro atoms. The zero-order valence-electron chi connectivity index (χ0n) is 13.0. The minimum atomic E-state index is -0.913. The van der Waals surface area contributed by atoms with Gasteiger partial charge >= 0.3 is 6.09 Å². The molecule has 0 aliphatic rings. The molecule has 0 unspecified atom stereocenters. The van der Waals surface area contributed by atoms with Crippen LogP contribution in [0.4, 0.5) is 4.79 Å². The molecule has 1 aromatic rings. The van der Waals surface area contributed by atoms with Gasteiger partial charge in [-0.25, -0.2) is 4.79 Å². The van der Waals surface area contributed by atoms with Gasteiger partial charge < -0.3 is 10.0 Å². The van der Waals surface area contributed by atoms with Gasteiger partial charge in [-0.1, -0.05) is 23.2 Å². The Morgan fingerprint density at radius 2 is 1.86 bits per heavy atom. The zero-order valence-corrected chi connectivity index (χ0v) is 14.5. The van der Waals surface area contributed by atoms with E-state index in [4.69, 9.17) is 23.2 Å². The molecule has 1 amide bonds. The van der Waals surface area contributed by atoms with Crippen LogP contribution in [0.5, 0.6) is 0 Å². The number of hydrogen-bond acceptors (Lipinski definition) is 2.